The van der Waals surface area contributed by atoms with Gasteiger partial charge in [-0.25, -0.2) is 0 Å². The minimum atomic E-state index is -4.38. The van der Waals surface area contributed by atoms with Gasteiger partial charge in [0.05, 0.1) is 0 Å². The van der Waals surface area contributed by atoms with E-state index in [1.165, 1.54) is 5.56 Å². The summed E-state index contributed by atoms with van der Waals surface area (Å²) in [6.45, 7) is 3.20. The van der Waals surface area contributed by atoms with Crippen LogP contribution in [0.5, 0.6) is 0 Å². The molecular weight excluding hydrogens is 453 g/mol. The van der Waals surface area contributed by atoms with E-state index in [0.717, 1.165) is 17.7 Å². The number of benzene rings is 1. The highest BCUT2D eigenvalue weighted by Gasteiger charge is 2.69. The van der Waals surface area contributed by atoms with Gasteiger partial charge in [-0.2, -0.15) is 13.2 Å². The predicted octanol–water partition coefficient (Wildman–Crippen LogP) is 3.59. The summed E-state index contributed by atoms with van der Waals surface area (Å²) < 4.78 is 42.5. The van der Waals surface area contributed by atoms with E-state index in [1.54, 1.807) is 30.9 Å². The zero-order valence-electron chi connectivity index (χ0n) is 19.1. The number of aliphatic imine (C=N–C) groups is 1. The summed E-state index contributed by atoms with van der Waals surface area (Å²) in [6, 6.07) is 5.75. The van der Waals surface area contributed by atoms with Crippen LogP contribution in [0.1, 0.15) is 47.2 Å². The van der Waals surface area contributed by atoms with Gasteiger partial charge in [-0.3, -0.25) is 18.9 Å². The first-order valence-corrected chi connectivity index (χ1v) is 12.1. The standard InChI is InChI=1S/C23H29F3N4O2S/c1-15-14-17(18(31)29(2)3)5-4-16(15)6-13-33-30-11-9-22(10-12-30)20(32)27-19(28-22)21(7-8-21)23(24,25)26/h4-5,14H,6-13H2,1-3H3,(H,27,28,32). The van der Waals surface area contributed by atoms with Crippen molar-refractivity contribution in [2.24, 2.45) is 10.4 Å². The smallest absolute Gasteiger partial charge is 0.345 e. The van der Waals surface area contributed by atoms with Crippen molar-refractivity contribution < 1.29 is 22.8 Å². The molecule has 1 aromatic carbocycles. The van der Waals surface area contributed by atoms with Gasteiger partial charge in [-0.15, -0.1) is 0 Å². The Hall–Kier alpha value is -2.07. The third kappa shape index (κ3) is 4.51. The van der Waals surface area contributed by atoms with Crippen molar-refractivity contribution in [3.05, 3.63) is 34.9 Å². The summed E-state index contributed by atoms with van der Waals surface area (Å²) in [4.78, 5) is 30.6. The average Bonchev–Trinajstić information content (AvgIpc) is 3.52. The Morgan fingerprint density at radius 1 is 1.21 bits per heavy atom. The minimum Gasteiger partial charge on any atom is -0.345 e. The summed E-state index contributed by atoms with van der Waals surface area (Å²) in [5, 5.41) is 2.47. The fourth-order valence-electron chi connectivity index (χ4n) is 4.50. The van der Waals surface area contributed by atoms with E-state index < -0.39 is 17.1 Å². The summed E-state index contributed by atoms with van der Waals surface area (Å²) in [6.07, 6.45) is -2.70. The van der Waals surface area contributed by atoms with Gasteiger partial charge in [0.25, 0.3) is 11.8 Å². The molecule has 1 saturated carbocycles. The topological polar surface area (TPSA) is 65.0 Å². The Labute approximate surface area is 196 Å². The zero-order chi connectivity index (χ0) is 24.0. The third-order valence-electron chi connectivity index (χ3n) is 6.92. The molecule has 0 radical (unpaired) electrons. The van der Waals surface area contributed by atoms with Crippen LogP contribution in [0.25, 0.3) is 0 Å². The number of halogens is 3. The lowest BCUT2D eigenvalue weighted by Gasteiger charge is -2.34. The molecule has 1 aromatic rings. The van der Waals surface area contributed by atoms with Crippen LogP contribution in [-0.2, 0) is 11.2 Å². The Balaban J connectivity index is 1.30. The summed E-state index contributed by atoms with van der Waals surface area (Å²) in [5.74, 6) is 0.256. The second-order valence-corrected chi connectivity index (χ2v) is 10.6. The number of hydrogen-bond donors (Lipinski definition) is 1. The average molecular weight is 483 g/mol. The molecule has 33 heavy (non-hydrogen) atoms. The molecule has 6 nitrogen and oxygen atoms in total. The van der Waals surface area contributed by atoms with Gasteiger partial charge in [0.2, 0.25) is 0 Å². The van der Waals surface area contributed by atoms with Gasteiger partial charge < -0.3 is 10.2 Å². The molecule has 2 fully saturated rings. The first-order chi connectivity index (χ1) is 15.5. The van der Waals surface area contributed by atoms with Gasteiger partial charge in [0.15, 0.2) is 0 Å². The van der Waals surface area contributed by atoms with Gasteiger partial charge in [-0.1, -0.05) is 18.0 Å². The Bertz CT molecular complexity index is 980. The number of hydrogen-bond acceptors (Lipinski definition) is 5. The Morgan fingerprint density at radius 2 is 1.88 bits per heavy atom. The molecule has 2 aliphatic heterocycles. The largest absolute Gasteiger partial charge is 0.401 e. The minimum absolute atomic E-state index is 0.00261. The van der Waals surface area contributed by atoms with Crippen molar-refractivity contribution in [1.82, 2.24) is 14.5 Å². The molecule has 1 spiro atoms. The number of carbonyl (C=O) groups is 2. The van der Waals surface area contributed by atoms with E-state index in [9.17, 15) is 22.8 Å². The summed E-state index contributed by atoms with van der Waals surface area (Å²) in [7, 11) is 3.46. The molecule has 180 valence electrons. The van der Waals surface area contributed by atoms with Crippen molar-refractivity contribution in [3.63, 3.8) is 0 Å². The second kappa shape index (κ2) is 8.61. The molecule has 3 aliphatic rings. The van der Waals surface area contributed by atoms with Crippen LogP contribution < -0.4 is 5.32 Å². The highest BCUT2D eigenvalue weighted by atomic mass is 32.2. The summed E-state index contributed by atoms with van der Waals surface area (Å²) in [5.41, 5.74) is -0.0773. The monoisotopic (exact) mass is 482 g/mol. The molecule has 0 unspecified atom stereocenters. The predicted molar refractivity (Wildman–Crippen MR) is 122 cm³/mol. The molecule has 1 aliphatic carbocycles. The van der Waals surface area contributed by atoms with Crippen molar-refractivity contribution in [3.8, 4) is 0 Å². The van der Waals surface area contributed by atoms with Crippen LogP contribution in [0.15, 0.2) is 23.2 Å². The van der Waals surface area contributed by atoms with Gasteiger partial charge in [0.1, 0.15) is 16.8 Å². The normalized spacial score (nSPS) is 21.6. The molecule has 0 bridgehead atoms. The molecule has 10 heteroatoms. The maximum absolute atomic E-state index is 13.4. The van der Waals surface area contributed by atoms with Crippen LogP contribution in [0.3, 0.4) is 0 Å². The fourth-order valence-corrected chi connectivity index (χ4v) is 5.51. The van der Waals surface area contributed by atoms with E-state index in [1.807, 2.05) is 25.1 Å². The van der Waals surface area contributed by atoms with E-state index in [4.69, 9.17) is 0 Å². The van der Waals surface area contributed by atoms with Crippen molar-refractivity contribution in [2.45, 2.75) is 50.7 Å². The van der Waals surface area contributed by atoms with Crippen molar-refractivity contribution >= 4 is 29.6 Å². The Kier molecular flexibility index (Phi) is 6.28. The van der Waals surface area contributed by atoms with E-state index in [2.05, 4.69) is 14.6 Å². The molecule has 0 atom stereocenters. The van der Waals surface area contributed by atoms with E-state index in [0.29, 0.717) is 31.5 Å². The molecular formula is C23H29F3N4O2S. The van der Waals surface area contributed by atoms with E-state index >= 15 is 0 Å². The number of amidine groups is 1. The van der Waals surface area contributed by atoms with Crippen LogP contribution in [0, 0.1) is 12.3 Å². The number of rotatable bonds is 6. The molecule has 2 heterocycles. The quantitative estimate of drug-likeness (QED) is 0.630. The molecule has 1 saturated heterocycles. The van der Waals surface area contributed by atoms with Gasteiger partial charge in [0, 0.05) is 38.5 Å². The van der Waals surface area contributed by atoms with Gasteiger partial charge in [-0.05, 0) is 62.3 Å². The van der Waals surface area contributed by atoms with Crippen LogP contribution in [0.2, 0.25) is 0 Å². The fraction of sp³-hybridized carbons (Fsp3) is 0.609. The number of carbonyl (C=O) groups excluding carboxylic acids is 2. The first-order valence-electron chi connectivity index (χ1n) is 11.1. The maximum Gasteiger partial charge on any atom is 0.401 e. The van der Waals surface area contributed by atoms with E-state index in [-0.39, 0.29) is 30.5 Å². The number of alkyl halides is 3. The highest BCUT2D eigenvalue weighted by Crippen LogP contribution is 2.59. The number of piperidine rings is 1. The number of amides is 2. The van der Waals surface area contributed by atoms with Crippen LogP contribution >= 0.6 is 11.9 Å². The molecule has 4 rings (SSSR count). The van der Waals surface area contributed by atoms with Gasteiger partial charge >= 0.3 is 6.18 Å². The first kappa shape index (κ1) is 24.1. The number of nitrogens with one attached hydrogen (secondary N) is 1. The highest BCUT2D eigenvalue weighted by molar-refractivity contribution is 7.97. The maximum atomic E-state index is 13.4. The lowest BCUT2D eigenvalue weighted by atomic mass is 9.89. The van der Waals surface area contributed by atoms with Crippen LogP contribution in [0.4, 0.5) is 13.2 Å². The third-order valence-corrected chi connectivity index (χ3v) is 8.03. The lowest BCUT2D eigenvalue weighted by molar-refractivity contribution is -0.166. The Morgan fingerprint density at radius 3 is 2.42 bits per heavy atom. The second-order valence-electron chi connectivity index (χ2n) is 9.38. The number of aryl methyl sites for hydroxylation is 2. The lowest BCUT2D eigenvalue weighted by Crippen LogP contribution is -2.48. The molecule has 1 N–H and O–H groups in total. The SMILES string of the molecule is Cc1cc(C(=O)N(C)C)ccc1CCSN1CCC2(CC1)N=C(C1(C(F)(F)F)CC1)NC2=O. The molecule has 0 aromatic heterocycles. The van der Waals surface area contributed by atoms with Crippen molar-refractivity contribution in [2.75, 3.05) is 32.9 Å². The van der Waals surface area contributed by atoms with Crippen molar-refractivity contribution in [1.29, 1.82) is 0 Å². The number of nitrogens with zero attached hydrogens (tertiary/aromatic N) is 3. The van der Waals surface area contributed by atoms with Crippen LogP contribution in [-0.4, -0.2) is 71.5 Å². The zero-order valence-corrected chi connectivity index (χ0v) is 19.9. The summed E-state index contributed by atoms with van der Waals surface area (Å²) >= 11 is 1.68. The molecule has 2 amide bonds.